The molecule has 1 rings (SSSR count). The van der Waals surface area contributed by atoms with Gasteiger partial charge in [-0.2, -0.15) is 11.8 Å². The van der Waals surface area contributed by atoms with Crippen LogP contribution in [0, 0.1) is 0 Å². The van der Waals surface area contributed by atoms with E-state index in [1.807, 2.05) is 36.6 Å². The molecule has 0 radical (unpaired) electrons. The Morgan fingerprint density at radius 2 is 1.87 bits per heavy atom. The molecular weight excluding hydrogens is 314 g/mol. The lowest BCUT2D eigenvalue weighted by atomic mass is 10.1. The monoisotopic (exact) mass is 339 g/mol. The number of amides is 1. The van der Waals surface area contributed by atoms with Crippen molar-refractivity contribution < 1.29 is 19.1 Å². The number of benzene rings is 1. The molecule has 0 fully saturated rings. The molecular formula is C17H25NO4S. The Labute approximate surface area is 142 Å². The van der Waals surface area contributed by atoms with Crippen molar-refractivity contribution >= 4 is 23.8 Å². The molecule has 6 heteroatoms. The number of ether oxygens (including phenoxy) is 2. The first-order chi connectivity index (χ1) is 10.8. The molecule has 1 N–H and O–H groups in total. The molecule has 0 spiro atoms. The van der Waals surface area contributed by atoms with Crippen LogP contribution in [0.15, 0.2) is 30.3 Å². The summed E-state index contributed by atoms with van der Waals surface area (Å²) in [5.74, 6) is 0.297. The van der Waals surface area contributed by atoms with Gasteiger partial charge in [-0.15, -0.1) is 0 Å². The average molecular weight is 339 g/mol. The van der Waals surface area contributed by atoms with Crippen LogP contribution in [0.1, 0.15) is 32.8 Å². The number of alkyl carbamates (subject to hydrolysis) is 1. The molecule has 23 heavy (non-hydrogen) atoms. The molecule has 5 nitrogen and oxygen atoms in total. The summed E-state index contributed by atoms with van der Waals surface area (Å²) in [7, 11) is 0. The molecule has 128 valence electrons. The van der Waals surface area contributed by atoms with Gasteiger partial charge in [-0.05, 0) is 44.8 Å². The van der Waals surface area contributed by atoms with Crippen LogP contribution < -0.4 is 5.32 Å². The number of carbonyl (C=O) groups is 2. The van der Waals surface area contributed by atoms with Crippen molar-refractivity contribution in [1.82, 2.24) is 5.32 Å². The van der Waals surface area contributed by atoms with Crippen molar-refractivity contribution in [2.24, 2.45) is 0 Å². The minimum absolute atomic E-state index is 0.163. The van der Waals surface area contributed by atoms with E-state index in [1.54, 1.807) is 32.5 Å². The summed E-state index contributed by atoms with van der Waals surface area (Å²) < 4.78 is 10.5. The molecule has 1 aromatic carbocycles. The fourth-order valence-electron chi connectivity index (χ4n) is 1.76. The smallest absolute Gasteiger partial charge is 0.408 e. The van der Waals surface area contributed by atoms with Gasteiger partial charge in [0.15, 0.2) is 0 Å². The summed E-state index contributed by atoms with van der Waals surface area (Å²) >= 11 is 1.60. The van der Waals surface area contributed by atoms with E-state index in [0.29, 0.717) is 6.42 Å². The Morgan fingerprint density at radius 3 is 2.43 bits per heavy atom. The highest BCUT2D eigenvalue weighted by Gasteiger charge is 2.26. The summed E-state index contributed by atoms with van der Waals surface area (Å²) in [6, 6.07) is 8.67. The molecule has 1 atom stereocenters. The molecule has 0 aliphatic carbocycles. The van der Waals surface area contributed by atoms with E-state index in [4.69, 9.17) is 9.47 Å². The van der Waals surface area contributed by atoms with E-state index < -0.39 is 23.7 Å². The maximum Gasteiger partial charge on any atom is 0.408 e. The van der Waals surface area contributed by atoms with Gasteiger partial charge in [0, 0.05) is 0 Å². The van der Waals surface area contributed by atoms with E-state index in [-0.39, 0.29) is 6.61 Å². The number of hydrogen-bond acceptors (Lipinski definition) is 5. The van der Waals surface area contributed by atoms with Crippen molar-refractivity contribution in [3.8, 4) is 0 Å². The lowest BCUT2D eigenvalue weighted by Crippen LogP contribution is -2.44. The van der Waals surface area contributed by atoms with Crippen LogP contribution in [0.4, 0.5) is 4.79 Å². The van der Waals surface area contributed by atoms with Crippen molar-refractivity contribution in [2.75, 3.05) is 12.0 Å². The van der Waals surface area contributed by atoms with Crippen LogP contribution in [0.2, 0.25) is 0 Å². The fraction of sp³-hybridized carbons (Fsp3) is 0.529. The Bertz CT molecular complexity index is 499. The summed E-state index contributed by atoms with van der Waals surface area (Å²) in [5, 5.41) is 2.60. The van der Waals surface area contributed by atoms with Gasteiger partial charge in [0.05, 0.1) is 0 Å². The summed E-state index contributed by atoms with van der Waals surface area (Å²) in [6.45, 7) is 5.55. The summed E-state index contributed by atoms with van der Waals surface area (Å²) in [5.41, 5.74) is 0.296. The highest BCUT2D eigenvalue weighted by Crippen LogP contribution is 2.11. The maximum atomic E-state index is 12.2. The highest BCUT2D eigenvalue weighted by atomic mass is 32.2. The third-order valence-electron chi connectivity index (χ3n) is 2.81. The SMILES string of the molecule is CSCC[C@H](NC(=O)OCc1ccccc1)C(=O)OC(C)(C)C. The molecule has 1 aromatic rings. The molecule has 0 aliphatic heterocycles. The van der Waals surface area contributed by atoms with Gasteiger partial charge in [-0.1, -0.05) is 30.3 Å². The zero-order chi connectivity index (χ0) is 17.3. The largest absolute Gasteiger partial charge is 0.458 e. The van der Waals surface area contributed by atoms with Crippen LogP contribution >= 0.6 is 11.8 Å². The Kier molecular flexibility index (Phi) is 7.95. The topological polar surface area (TPSA) is 64.6 Å². The number of nitrogens with one attached hydrogen (secondary N) is 1. The fourth-order valence-corrected chi connectivity index (χ4v) is 2.24. The number of carbonyl (C=O) groups excluding carboxylic acids is 2. The second-order valence-corrected chi connectivity index (χ2v) is 7.06. The first kappa shape index (κ1) is 19.4. The predicted molar refractivity (Wildman–Crippen MR) is 92.4 cm³/mol. The average Bonchev–Trinajstić information content (AvgIpc) is 2.48. The molecule has 0 unspecified atom stereocenters. The van der Waals surface area contributed by atoms with Crippen molar-refractivity contribution in [1.29, 1.82) is 0 Å². The van der Waals surface area contributed by atoms with E-state index in [0.717, 1.165) is 11.3 Å². The first-order valence-corrected chi connectivity index (χ1v) is 8.90. The molecule has 0 heterocycles. The first-order valence-electron chi connectivity index (χ1n) is 7.51. The summed E-state index contributed by atoms with van der Waals surface area (Å²) in [6.07, 6.45) is 1.82. The standard InChI is InChI=1S/C17H25NO4S/c1-17(2,3)22-15(19)14(10-11-23-4)18-16(20)21-12-13-8-6-5-7-9-13/h5-9,14H,10-12H2,1-4H3,(H,18,20)/t14-/m0/s1. The predicted octanol–water partition coefficient (Wildman–Crippen LogP) is 3.38. The highest BCUT2D eigenvalue weighted by molar-refractivity contribution is 7.98. The Morgan fingerprint density at radius 1 is 1.22 bits per heavy atom. The number of thioether (sulfide) groups is 1. The zero-order valence-corrected chi connectivity index (χ0v) is 14.9. The molecule has 0 bridgehead atoms. The van der Waals surface area contributed by atoms with Crippen molar-refractivity contribution in [2.45, 2.75) is 45.4 Å². The van der Waals surface area contributed by atoms with Gasteiger partial charge >= 0.3 is 12.1 Å². The lowest BCUT2D eigenvalue weighted by Gasteiger charge is -2.24. The normalized spacial score (nSPS) is 12.3. The van der Waals surface area contributed by atoms with Crippen molar-refractivity contribution in [3.05, 3.63) is 35.9 Å². The Hall–Kier alpha value is -1.69. The number of esters is 1. The molecule has 1 amide bonds. The van der Waals surface area contributed by atoms with Crippen LogP contribution in [-0.2, 0) is 20.9 Å². The van der Waals surface area contributed by atoms with E-state index in [9.17, 15) is 9.59 Å². The van der Waals surface area contributed by atoms with Crippen molar-refractivity contribution in [3.63, 3.8) is 0 Å². The van der Waals surface area contributed by atoms with Gasteiger partial charge in [-0.3, -0.25) is 0 Å². The quantitative estimate of drug-likeness (QED) is 0.772. The van der Waals surface area contributed by atoms with E-state index in [1.165, 1.54) is 0 Å². The van der Waals surface area contributed by atoms with Gasteiger partial charge in [0.25, 0.3) is 0 Å². The molecule has 0 aliphatic rings. The van der Waals surface area contributed by atoms with Crippen LogP contribution in [0.3, 0.4) is 0 Å². The second-order valence-electron chi connectivity index (χ2n) is 6.07. The third kappa shape index (κ3) is 8.50. The molecule has 0 aromatic heterocycles. The number of hydrogen-bond donors (Lipinski definition) is 1. The van der Waals surface area contributed by atoms with Gasteiger partial charge in [0.1, 0.15) is 18.2 Å². The van der Waals surface area contributed by atoms with Gasteiger partial charge in [-0.25, -0.2) is 9.59 Å². The van der Waals surface area contributed by atoms with Crippen LogP contribution in [0.25, 0.3) is 0 Å². The zero-order valence-electron chi connectivity index (χ0n) is 14.1. The van der Waals surface area contributed by atoms with E-state index >= 15 is 0 Å². The lowest BCUT2D eigenvalue weighted by molar-refractivity contribution is -0.157. The maximum absolute atomic E-state index is 12.2. The minimum atomic E-state index is -0.704. The van der Waals surface area contributed by atoms with Gasteiger partial charge in [0.2, 0.25) is 0 Å². The molecule has 0 saturated carbocycles. The van der Waals surface area contributed by atoms with E-state index in [2.05, 4.69) is 5.32 Å². The molecule has 0 saturated heterocycles. The summed E-state index contributed by atoms with van der Waals surface area (Å²) in [4.78, 5) is 24.1. The van der Waals surface area contributed by atoms with Gasteiger partial charge < -0.3 is 14.8 Å². The second kappa shape index (κ2) is 9.45. The Balaban J connectivity index is 2.54. The van der Waals surface area contributed by atoms with Crippen LogP contribution in [0.5, 0.6) is 0 Å². The minimum Gasteiger partial charge on any atom is -0.458 e. The number of rotatable bonds is 7. The van der Waals surface area contributed by atoms with Crippen LogP contribution in [-0.4, -0.2) is 35.7 Å². The third-order valence-corrected chi connectivity index (χ3v) is 3.45.